The Hall–Kier alpha value is -1.61. The van der Waals surface area contributed by atoms with Crippen molar-refractivity contribution in [1.29, 1.82) is 0 Å². The molecule has 0 bridgehead atoms. The first-order chi connectivity index (χ1) is 17.7. The van der Waals surface area contributed by atoms with Gasteiger partial charge in [0, 0.05) is 0 Å². The fraction of sp³-hybridized carbons (Fsp3) is 0.333. The van der Waals surface area contributed by atoms with Crippen LogP contribution in [0.15, 0.2) is 83.9 Å². The predicted molar refractivity (Wildman–Crippen MR) is 183 cm³/mol. The molecule has 40 heavy (non-hydrogen) atoms. The van der Waals surface area contributed by atoms with Gasteiger partial charge in [-0.25, -0.2) is 0 Å². The number of hydrogen-bond donors (Lipinski definition) is 0. The van der Waals surface area contributed by atoms with Gasteiger partial charge < -0.3 is 0 Å². The topological polar surface area (TPSA) is 0 Å². The summed E-state index contributed by atoms with van der Waals surface area (Å²) in [5.41, 5.74) is 9.59. The summed E-state index contributed by atoms with van der Waals surface area (Å²) >= 11 is -3.50. The Balaban J connectivity index is 0.00000185. The van der Waals surface area contributed by atoms with Crippen LogP contribution in [0.5, 0.6) is 0 Å². The minimum atomic E-state index is -3.50. The van der Waals surface area contributed by atoms with Crippen molar-refractivity contribution in [3.8, 4) is 0 Å². The van der Waals surface area contributed by atoms with Crippen molar-refractivity contribution >= 4 is 66.1 Å². The van der Waals surface area contributed by atoms with Crippen LogP contribution in [0.1, 0.15) is 72.2 Å². The van der Waals surface area contributed by atoms with E-state index in [1.807, 2.05) is 0 Å². The van der Waals surface area contributed by atoms with Gasteiger partial charge in [0.25, 0.3) is 0 Å². The molecule has 4 aromatic rings. The van der Waals surface area contributed by atoms with Gasteiger partial charge >= 0.3 is 233 Å². The summed E-state index contributed by atoms with van der Waals surface area (Å²) in [5.74, 6) is 0. The largest absolute Gasteiger partial charge is 0.147 e. The van der Waals surface area contributed by atoms with Gasteiger partial charge in [-0.05, 0) is 0 Å². The molecule has 6 rings (SSSR count). The smallest absolute Gasteiger partial charge is 0.147 e. The van der Waals surface area contributed by atoms with Crippen molar-refractivity contribution in [2.24, 2.45) is 10.8 Å². The predicted octanol–water partition coefficient (Wildman–Crippen LogP) is 10.8. The van der Waals surface area contributed by atoms with Crippen LogP contribution in [0.25, 0.3) is 33.7 Å². The van der Waals surface area contributed by atoms with Crippen LogP contribution < -0.4 is 0 Å². The molecule has 4 aromatic carbocycles. The number of benzene rings is 4. The summed E-state index contributed by atoms with van der Waals surface area (Å²) in [6.45, 7) is 14.6. The Morgan fingerprint density at radius 3 is 1.25 bits per heavy atom. The van der Waals surface area contributed by atoms with Crippen molar-refractivity contribution in [3.05, 3.63) is 106 Å². The quantitative estimate of drug-likeness (QED) is 0.195. The maximum atomic E-state index is 2.78. The molecule has 210 valence electrons. The van der Waals surface area contributed by atoms with Crippen LogP contribution in [0.3, 0.4) is 0 Å². The fourth-order valence-corrected chi connectivity index (χ4v) is 20.6. The fourth-order valence-electron chi connectivity index (χ4n) is 7.77. The van der Waals surface area contributed by atoms with Crippen molar-refractivity contribution in [2.45, 2.75) is 60.4 Å². The van der Waals surface area contributed by atoms with Gasteiger partial charge in [-0.15, -0.1) is 24.8 Å². The van der Waals surface area contributed by atoms with Crippen LogP contribution >= 0.6 is 24.8 Å². The molecule has 0 nitrogen and oxygen atoms in total. The second-order valence-electron chi connectivity index (χ2n) is 15.1. The van der Waals surface area contributed by atoms with Crippen molar-refractivity contribution in [2.75, 3.05) is 0 Å². The summed E-state index contributed by atoms with van der Waals surface area (Å²) in [4.78, 5) is 0. The van der Waals surface area contributed by atoms with Crippen LogP contribution in [0, 0.1) is 10.8 Å². The van der Waals surface area contributed by atoms with E-state index in [0.717, 1.165) is 0 Å². The molecule has 0 aliphatic heterocycles. The molecule has 0 saturated carbocycles. The molecule has 2 atom stereocenters. The van der Waals surface area contributed by atoms with E-state index in [0.29, 0.717) is 8.45 Å². The van der Waals surface area contributed by atoms with E-state index in [1.54, 1.807) is 22.3 Å². The number of rotatable bonds is 2. The normalized spacial score (nSPS) is 18.9. The maximum absolute atomic E-state index is 3.50. The van der Waals surface area contributed by atoms with Crippen LogP contribution in [-0.4, -0.2) is 7.63 Å². The summed E-state index contributed by atoms with van der Waals surface area (Å²) < 4.78 is 0.958. The van der Waals surface area contributed by atoms with E-state index in [-0.39, 0.29) is 35.6 Å². The molecule has 4 heteroatoms. The summed E-state index contributed by atoms with van der Waals surface area (Å²) in [6, 6.07) is 27.7. The summed E-state index contributed by atoms with van der Waals surface area (Å²) in [6.07, 6.45) is 5.16. The van der Waals surface area contributed by atoms with E-state index in [2.05, 4.69) is 145 Å². The van der Waals surface area contributed by atoms with Crippen LogP contribution in [-0.2, 0) is 14.0 Å². The van der Waals surface area contributed by atoms with Gasteiger partial charge in [0.1, 0.15) is 0 Å². The van der Waals surface area contributed by atoms with Crippen molar-refractivity contribution in [1.82, 2.24) is 0 Å². The Morgan fingerprint density at radius 2 is 0.900 bits per heavy atom. The summed E-state index contributed by atoms with van der Waals surface area (Å²) in [7, 11) is 2.46. The third kappa shape index (κ3) is 4.71. The molecule has 2 unspecified atom stereocenters. The third-order valence-electron chi connectivity index (χ3n) is 9.46. The minimum Gasteiger partial charge on any atom is -0.147 e. The Morgan fingerprint density at radius 1 is 0.550 bits per heavy atom. The standard InChI is InChI=1S/2C17H17.2CH3.2ClH.H2Si.Ti/c2*1-17(2,3)14-10-13-9-8-12-6-4-5-7-15(12)16(13)11-14;;;;;;/h2*4-11H,1-3H3;2*1H3;2*1H;1H2;. The second kappa shape index (κ2) is 9.99. The third-order valence-corrected chi connectivity index (χ3v) is 20.6. The number of fused-ring (bicyclic) bond motifs is 6. The molecular formula is C36H44Cl2SiTi. The maximum Gasteiger partial charge on any atom is -0.147 e. The molecular weight excluding hydrogens is 579 g/mol. The molecule has 0 heterocycles. The first kappa shape index (κ1) is 31.3. The van der Waals surface area contributed by atoms with Crippen molar-refractivity contribution < 1.29 is 14.0 Å². The van der Waals surface area contributed by atoms with E-state index < -0.39 is 14.0 Å². The van der Waals surface area contributed by atoms with Gasteiger partial charge in [-0.3, -0.25) is 0 Å². The van der Waals surface area contributed by atoms with E-state index in [9.17, 15) is 0 Å². The average Bonchev–Trinajstić information content (AvgIpc) is 3.45. The van der Waals surface area contributed by atoms with Crippen LogP contribution in [0.2, 0.25) is 10.5 Å². The second-order valence-corrected chi connectivity index (χ2v) is 35.3. The average molecular weight is 624 g/mol. The van der Waals surface area contributed by atoms with Gasteiger partial charge in [0.05, 0.1) is 0 Å². The molecule has 0 aromatic heterocycles. The monoisotopic (exact) mass is 622 g/mol. The van der Waals surface area contributed by atoms with Gasteiger partial charge in [-0.1, -0.05) is 0 Å². The van der Waals surface area contributed by atoms with E-state index in [4.69, 9.17) is 0 Å². The van der Waals surface area contributed by atoms with Gasteiger partial charge in [-0.2, -0.15) is 0 Å². The number of allylic oxidation sites excluding steroid dienone is 2. The first-order valence-corrected chi connectivity index (χ1v) is 23.2. The Labute approximate surface area is 256 Å². The Bertz CT molecular complexity index is 1650. The van der Waals surface area contributed by atoms with Crippen LogP contribution in [0.4, 0.5) is 0 Å². The van der Waals surface area contributed by atoms with Gasteiger partial charge in [0.15, 0.2) is 0 Å². The zero-order chi connectivity index (χ0) is 27.3. The number of halogens is 2. The molecule has 2 aliphatic carbocycles. The van der Waals surface area contributed by atoms with Gasteiger partial charge in [0.2, 0.25) is 0 Å². The minimum absolute atomic E-state index is 0. The van der Waals surface area contributed by atoms with E-state index in [1.165, 1.54) is 32.7 Å². The first-order valence-electron chi connectivity index (χ1n) is 14.2. The van der Waals surface area contributed by atoms with E-state index >= 15 is 0 Å². The molecule has 0 radical (unpaired) electrons. The Kier molecular flexibility index (Phi) is 7.83. The molecule has 0 spiro atoms. The van der Waals surface area contributed by atoms with Crippen molar-refractivity contribution in [3.63, 3.8) is 0 Å². The zero-order valence-electron chi connectivity index (χ0n) is 25.3. The number of hydrogen-bond acceptors (Lipinski definition) is 0. The zero-order valence-corrected chi connectivity index (χ0v) is 29.9. The molecule has 0 saturated heterocycles. The molecule has 2 aliphatic rings. The molecule has 0 amide bonds. The molecule has 0 N–H and O–H groups in total. The summed E-state index contributed by atoms with van der Waals surface area (Å²) in [5, 5.41) is 11.2. The SMILES string of the molecule is CC(C)(C)C1=Cc2ccc3ccccc3c2[CH]1[Ti]([CH3])([CH3])(=[SiH2])[CH]1C(C(C)(C)C)=Cc2ccc3ccccc3c21.Cl.Cl. The molecule has 0 fully saturated rings.